The number of benzene rings is 1. The zero-order valence-corrected chi connectivity index (χ0v) is 12.5. The molecule has 1 saturated carbocycles. The summed E-state index contributed by atoms with van der Waals surface area (Å²) < 4.78 is 7.27. The molecule has 0 saturated heterocycles. The minimum absolute atomic E-state index is 0.571. The van der Waals surface area contributed by atoms with Gasteiger partial charge in [0.25, 0.3) is 0 Å². The van der Waals surface area contributed by atoms with Crippen LogP contribution in [0.3, 0.4) is 0 Å². The van der Waals surface area contributed by atoms with Crippen LogP contribution in [0.15, 0.2) is 47.2 Å². The number of nitrogens with zero attached hydrogens (tertiary/aromatic N) is 4. The average molecular weight is 294 g/mol. The Labute approximate surface area is 129 Å². The lowest BCUT2D eigenvalue weighted by Gasteiger charge is -2.34. The van der Waals surface area contributed by atoms with Crippen LogP contribution in [0.25, 0.3) is 11.6 Å². The van der Waals surface area contributed by atoms with Crippen molar-refractivity contribution in [3.63, 3.8) is 0 Å². The van der Waals surface area contributed by atoms with Gasteiger partial charge in [-0.05, 0) is 30.2 Å². The summed E-state index contributed by atoms with van der Waals surface area (Å²) in [4.78, 5) is 8.71. The zero-order chi connectivity index (χ0) is 14.9. The highest BCUT2D eigenvalue weighted by atomic mass is 16.5. The van der Waals surface area contributed by atoms with Crippen LogP contribution < -0.4 is 0 Å². The topological polar surface area (TPSA) is 56.7 Å². The number of aryl methyl sites for hydroxylation is 1. The quantitative estimate of drug-likeness (QED) is 0.741. The van der Waals surface area contributed by atoms with E-state index in [2.05, 4.69) is 45.5 Å². The summed E-state index contributed by atoms with van der Waals surface area (Å²) in [5.74, 6) is 3.35. The molecule has 0 unspecified atom stereocenters. The first-order chi connectivity index (χ1) is 10.8. The summed E-state index contributed by atoms with van der Waals surface area (Å²) in [6, 6.07) is 10.7. The van der Waals surface area contributed by atoms with Crippen molar-refractivity contribution in [2.75, 3.05) is 0 Å². The third-order valence-corrected chi connectivity index (χ3v) is 4.46. The highest BCUT2D eigenvalue weighted by Gasteiger charge is 2.31. The fourth-order valence-electron chi connectivity index (χ4n) is 3.16. The second-order valence-electron chi connectivity index (χ2n) is 6.02. The van der Waals surface area contributed by atoms with Gasteiger partial charge in [-0.25, -0.2) is 4.98 Å². The van der Waals surface area contributed by atoms with Crippen molar-refractivity contribution < 1.29 is 4.52 Å². The van der Waals surface area contributed by atoms with E-state index >= 15 is 0 Å². The van der Waals surface area contributed by atoms with E-state index < -0.39 is 0 Å². The van der Waals surface area contributed by atoms with E-state index in [4.69, 9.17) is 4.52 Å². The summed E-state index contributed by atoms with van der Waals surface area (Å²) in [6.45, 7) is 0. The molecule has 0 aliphatic heterocycles. The molecular formula is C17H18N4O. The molecular weight excluding hydrogens is 276 g/mol. The molecule has 0 spiro atoms. The SMILES string of the molecule is Cn1ccnc1-c1noc(CC2CC(c3ccccc3)C2)n1. The van der Waals surface area contributed by atoms with Crippen LogP contribution in [0.4, 0.5) is 0 Å². The highest BCUT2D eigenvalue weighted by molar-refractivity contribution is 5.42. The molecule has 1 aliphatic rings. The van der Waals surface area contributed by atoms with Gasteiger partial charge >= 0.3 is 0 Å². The number of aromatic nitrogens is 4. The van der Waals surface area contributed by atoms with Gasteiger partial charge in [0.05, 0.1) is 0 Å². The lowest BCUT2D eigenvalue weighted by molar-refractivity contribution is 0.237. The summed E-state index contributed by atoms with van der Waals surface area (Å²) in [7, 11) is 1.93. The molecule has 1 fully saturated rings. The molecule has 0 amide bonds. The molecule has 0 atom stereocenters. The first kappa shape index (κ1) is 13.2. The summed E-state index contributed by atoms with van der Waals surface area (Å²) in [5.41, 5.74) is 1.44. The highest BCUT2D eigenvalue weighted by Crippen LogP contribution is 2.42. The van der Waals surface area contributed by atoms with Crippen LogP contribution in [-0.2, 0) is 13.5 Å². The maximum atomic E-state index is 5.38. The molecule has 0 N–H and O–H groups in total. The second kappa shape index (κ2) is 5.40. The minimum atomic E-state index is 0.571. The van der Waals surface area contributed by atoms with Gasteiger partial charge in [0.1, 0.15) is 0 Å². The minimum Gasteiger partial charge on any atom is -0.339 e. The molecule has 1 aliphatic carbocycles. The maximum absolute atomic E-state index is 5.38. The number of rotatable bonds is 4. The van der Waals surface area contributed by atoms with Crippen LogP contribution in [0, 0.1) is 5.92 Å². The Morgan fingerprint density at radius 3 is 2.77 bits per heavy atom. The summed E-state index contributed by atoms with van der Waals surface area (Å²) in [5, 5.41) is 4.04. The predicted octanol–water partition coefficient (Wildman–Crippen LogP) is 3.21. The predicted molar refractivity (Wildman–Crippen MR) is 82.1 cm³/mol. The van der Waals surface area contributed by atoms with E-state index in [0.29, 0.717) is 17.7 Å². The normalized spacial score (nSPS) is 20.8. The monoisotopic (exact) mass is 294 g/mol. The molecule has 4 rings (SSSR count). The molecule has 5 heteroatoms. The fraction of sp³-hybridized carbons (Fsp3) is 0.353. The van der Waals surface area contributed by atoms with Crippen molar-refractivity contribution in [3.8, 4) is 11.6 Å². The van der Waals surface area contributed by atoms with Gasteiger partial charge in [-0.1, -0.05) is 35.5 Å². The van der Waals surface area contributed by atoms with Gasteiger partial charge in [-0.15, -0.1) is 0 Å². The Balaban J connectivity index is 1.38. The Morgan fingerprint density at radius 1 is 1.23 bits per heavy atom. The van der Waals surface area contributed by atoms with Crippen molar-refractivity contribution in [2.24, 2.45) is 13.0 Å². The van der Waals surface area contributed by atoms with Gasteiger partial charge in [0, 0.05) is 25.9 Å². The van der Waals surface area contributed by atoms with E-state index in [0.717, 1.165) is 18.1 Å². The molecule has 0 bridgehead atoms. The van der Waals surface area contributed by atoms with Crippen LogP contribution in [0.5, 0.6) is 0 Å². The lowest BCUT2D eigenvalue weighted by Crippen LogP contribution is -2.23. The molecule has 2 aromatic heterocycles. The van der Waals surface area contributed by atoms with E-state index in [-0.39, 0.29) is 0 Å². The van der Waals surface area contributed by atoms with Crippen LogP contribution in [0.1, 0.15) is 30.2 Å². The molecule has 1 aromatic carbocycles. The van der Waals surface area contributed by atoms with E-state index in [9.17, 15) is 0 Å². The molecule has 3 aromatic rings. The molecule has 0 radical (unpaired) electrons. The smallest absolute Gasteiger partial charge is 0.238 e. The number of imidazole rings is 1. The van der Waals surface area contributed by atoms with Gasteiger partial charge in [0.15, 0.2) is 5.82 Å². The van der Waals surface area contributed by atoms with E-state index in [1.807, 2.05) is 17.8 Å². The van der Waals surface area contributed by atoms with Crippen molar-refractivity contribution in [2.45, 2.75) is 25.2 Å². The third kappa shape index (κ3) is 2.43. The first-order valence-electron chi connectivity index (χ1n) is 7.65. The second-order valence-corrected chi connectivity index (χ2v) is 6.02. The molecule has 2 heterocycles. The molecule has 5 nitrogen and oxygen atoms in total. The van der Waals surface area contributed by atoms with Gasteiger partial charge < -0.3 is 9.09 Å². The maximum Gasteiger partial charge on any atom is 0.238 e. The fourth-order valence-corrected chi connectivity index (χ4v) is 3.16. The number of hydrogen-bond acceptors (Lipinski definition) is 4. The van der Waals surface area contributed by atoms with Crippen molar-refractivity contribution in [1.82, 2.24) is 19.7 Å². The Hall–Kier alpha value is -2.43. The summed E-state index contributed by atoms with van der Waals surface area (Å²) in [6.07, 6.45) is 6.87. The average Bonchev–Trinajstić information content (AvgIpc) is 3.12. The van der Waals surface area contributed by atoms with E-state index in [1.54, 1.807) is 6.20 Å². The van der Waals surface area contributed by atoms with Crippen molar-refractivity contribution in [1.29, 1.82) is 0 Å². The van der Waals surface area contributed by atoms with E-state index in [1.165, 1.54) is 18.4 Å². The lowest BCUT2D eigenvalue weighted by atomic mass is 9.70. The van der Waals surface area contributed by atoms with Crippen LogP contribution in [-0.4, -0.2) is 19.7 Å². The van der Waals surface area contributed by atoms with Crippen molar-refractivity contribution in [3.05, 3.63) is 54.2 Å². The number of hydrogen-bond donors (Lipinski definition) is 0. The first-order valence-corrected chi connectivity index (χ1v) is 7.65. The van der Waals surface area contributed by atoms with Crippen molar-refractivity contribution >= 4 is 0 Å². The van der Waals surface area contributed by atoms with Gasteiger partial charge in [0.2, 0.25) is 11.7 Å². The largest absolute Gasteiger partial charge is 0.339 e. The molecule has 22 heavy (non-hydrogen) atoms. The summed E-state index contributed by atoms with van der Waals surface area (Å²) >= 11 is 0. The van der Waals surface area contributed by atoms with Crippen LogP contribution >= 0.6 is 0 Å². The standard InChI is InChI=1S/C17H18N4O/c1-21-8-7-18-17(21)16-19-15(22-20-16)11-12-9-14(10-12)13-5-3-2-4-6-13/h2-8,12,14H,9-11H2,1H3. The Bertz CT molecular complexity index is 756. The van der Waals surface area contributed by atoms with Crippen LogP contribution in [0.2, 0.25) is 0 Å². The molecule has 112 valence electrons. The van der Waals surface area contributed by atoms with Gasteiger partial charge in [-0.3, -0.25) is 0 Å². The zero-order valence-electron chi connectivity index (χ0n) is 12.5. The third-order valence-electron chi connectivity index (χ3n) is 4.46. The Morgan fingerprint density at radius 2 is 2.05 bits per heavy atom. The van der Waals surface area contributed by atoms with Gasteiger partial charge in [-0.2, -0.15) is 4.98 Å². The Kier molecular flexibility index (Phi) is 3.25.